The molecule has 0 aromatic carbocycles. The molecule has 0 aromatic heterocycles. The Balaban J connectivity index is 0.000000148. The fraction of sp³-hybridized carbons (Fsp3) is 0.600. The molecule has 0 atom stereocenters. The Labute approximate surface area is 54.2 Å². The third-order valence-electron chi connectivity index (χ3n) is 0.623. The third-order valence-corrected chi connectivity index (χ3v) is 0.623. The predicted molar refractivity (Wildman–Crippen MR) is 34.4 cm³/mol. The van der Waals surface area contributed by atoms with Crippen molar-refractivity contribution in [2.75, 3.05) is 19.8 Å². The van der Waals surface area contributed by atoms with E-state index in [0.717, 1.165) is 6.54 Å². The minimum absolute atomic E-state index is 0.125. The fourth-order valence-corrected chi connectivity index (χ4v) is 0.295. The number of aliphatic hydroxyl groups excluding tert-OH is 2. The Morgan fingerprint density at radius 2 is 2.00 bits per heavy atom. The van der Waals surface area contributed by atoms with Gasteiger partial charge < -0.3 is 15.6 Å². The van der Waals surface area contributed by atoms with E-state index in [1.807, 2.05) is 12.3 Å². The molecule has 1 rings (SSSR count). The van der Waals surface area contributed by atoms with Crippen LogP contribution in [0.15, 0.2) is 12.3 Å². The maximum absolute atomic E-state index is 7.62. The summed E-state index contributed by atoms with van der Waals surface area (Å²) in [6.07, 6.45) is 3.89. The Kier molecular flexibility index (Phi) is 6.94. The molecule has 0 radical (unpaired) electrons. The lowest BCUT2D eigenvalue weighted by atomic mass is 10.7. The van der Waals surface area contributed by atoms with Crippen LogP contribution >= 0.6 is 0 Å². The lowest BCUT2D eigenvalue weighted by molar-refractivity contribution is 0.186. The molecule has 4 heteroatoms. The summed E-state index contributed by atoms with van der Waals surface area (Å²) < 4.78 is 0. The minimum atomic E-state index is -0.125. The van der Waals surface area contributed by atoms with Gasteiger partial charge in [-0.05, 0) is 0 Å². The van der Waals surface area contributed by atoms with Crippen molar-refractivity contribution in [3.63, 3.8) is 0 Å². The summed E-state index contributed by atoms with van der Waals surface area (Å²) in [5.74, 6) is 0. The van der Waals surface area contributed by atoms with Gasteiger partial charge in [0.1, 0.15) is 0 Å². The largest absolute Gasteiger partial charge is 0.394 e. The highest BCUT2D eigenvalue weighted by Gasteiger charge is 1.78. The van der Waals surface area contributed by atoms with Crippen LogP contribution < -0.4 is 10.9 Å². The molecular weight excluding hydrogens is 120 g/mol. The highest BCUT2D eigenvalue weighted by molar-refractivity contribution is 4.85. The molecule has 0 aliphatic carbocycles. The van der Waals surface area contributed by atoms with Crippen molar-refractivity contribution in [1.82, 2.24) is 10.9 Å². The van der Waals surface area contributed by atoms with E-state index in [1.54, 1.807) is 0 Å². The van der Waals surface area contributed by atoms with Gasteiger partial charge in [0.15, 0.2) is 0 Å². The first kappa shape index (κ1) is 8.42. The summed E-state index contributed by atoms with van der Waals surface area (Å²) in [4.78, 5) is 0. The van der Waals surface area contributed by atoms with Gasteiger partial charge in [0.05, 0.1) is 13.2 Å². The van der Waals surface area contributed by atoms with Crippen molar-refractivity contribution < 1.29 is 10.2 Å². The molecule has 1 aliphatic rings. The maximum atomic E-state index is 7.62. The van der Waals surface area contributed by atoms with Crippen LogP contribution in [0.4, 0.5) is 0 Å². The molecule has 0 fully saturated rings. The van der Waals surface area contributed by atoms with E-state index in [9.17, 15) is 0 Å². The second-order valence-corrected chi connectivity index (χ2v) is 1.37. The molecule has 0 spiro atoms. The molecule has 9 heavy (non-hydrogen) atoms. The first-order chi connectivity index (χ1) is 4.41. The second kappa shape index (κ2) is 7.42. The zero-order chi connectivity index (χ0) is 6.95. The van der Waals surface area contributed by atoms with E-state index in [4.69, 9.17) is 10.2 Å². The summed E-state index contributed by atoms with van der Waals surface area (Å²) in [6.45, 7) is 0.708. The first-order valence-electron chi connectivity index (χ1n) is 2.77. The summed E-state index contributed by atoms with van der Waals surface area (Å²) >= 11 is 0. The van der Waals surface area contributed by atoms with Crippen LogP contribution in [0.3, 0.4) is 0 Å². The van der Waals surface area contributed by atoms with Crippen molar-refractivity contribution in [1.29, 1.82) is 0 Å². The topological polar surface area (TPSA) is 64.5 Å². The maximum Gasteiger partial charge on any atom is 0.0662 e. The van der Waals surface area contributed by atoms with Crippen molar-refractivity contribution in [3.05, 3.63) is 12.3 Å². The average molecular weight is 132 g/mol. The van der Waals surface area contributed by atoms with Gasteiger partial charge in [-0.1, -0.05) is 6.08 Å². The Hall–Kier alpha value is -0.580. The minimum Gasteiger partial charge on any atom is -0.394 e. The molecule has 0 saturated heterocycles. The van der Waals surface area contributed by atoms with E-state index < -0.39 is 0 Å². The lowest BCUT2D eigenvalue weighted by Gasteiger charge is -1.83. The quantitative estimate of drug-likeness (QED) is 0.353. The van der Waals surface area contributed by atoms with Crippen LogP contribution in [0.5, 0.6) is 0 Å². The summed E-state index contributed by atoms with van der Waals surface area (Å²) in [7, 11) is 0. The molecule has 4 N–H and O–H groups in total. The van der Waals surface area contributed by atoms with Crippen LogP contribution in [0.2, 0.25) is 0 Å². The van der Waals surface area contributed by atoms with Crippen LogP contribution in [-0.2, 0) is 0 Å². The molecule has 0 bridgehead atoms. The van der Waals surface area contributed by atoms with Gasteiger partial charge >= 0.3 is 0 Å². The second-order valence-electron chi connectivity index (χ2n) is 1.37. The van der Waals surface area contributed by atoms with Gasteiger partial charge in [-0.2, -0.15) is 0 Å². The molecule has 54 valence electrons. The number of hydrogen-bond donors (Lipinski definition) is 4. The number of rotatable bonds is 1. The highest BCUT2D eigenvalue weighted by Crippen LogP contribution is 1.67. The summed E-state index contributed by atoms with van der Waals surface area (Å²) in [6, 6.07) is 0. The smallest absolute Gasteiger partial charge is 0.0662 e. The molecule has 1 heterocycles. The zero-order valence-electron chi connectivity index (χ0n) is 5.17. The van der Waals surface area contributed by atoms with E-state index in [2.05, 4.69) is 10.9 Å². The van der Waals surface area contributed by atoms with Crippen molar-refractivity contribution in [3.8, 4) is 0 Å². The van der Waals surface area contributed by atoms with Gasteiger partial charge in [-0.25, -0.2) is 5.43 Å². The van der Waals surface area contributed by atoms with E-state index in [-0.39, 0.29) is 13.2 Å². The highest BCUT2D eigenvalue weighted by atomic mass is 16.3. The van der Waals surface area contributed by atoms with Crippen LogP contribution in [0, 0.1) is 0 Å². The molecule has 0 unspecified atom stereocenters. The summed E-state index contributed by atoms with van der Waals surface area (Å²) in [5.41, 5.74) is 5.65. The monoisotopic (exact) mass is 132 g/mol. The first-order valence-corrected chi connectivity index (χ1v) is 2.77. The normalized spacial score (nSPS) is 14.0. The average Bonchev–Trinajstić information content (AvgIpc) is 2.43. The van der Waals surface area contributed by atoms with Crippen LogP contribution in [0.25, 0.3) is 0 Å². The molecule has 0 saturated carbocycles. The number of nitrogens with one attached hydrogen (secondary N) is 2. The number of aliphatic hydroxyl groups is 2. The SMILES string of the molecule is C1=CNNC1.OCCO. The van der Waals surface area contributed by atoms with Gasteiger partial charge in [0, 0.05) is 12.7 Å². The van der Waals surface area contributed by atoms with E-state index >= 15 is 0 Å². The Morgan fingerprint density at radius 1 is 1.33 bits per heavy atom. The number of hydrogen-bond acceptors (Lipinski definition) is 4. The third kappa shape index (κ3) is 7.42. The molecule has 0 amide bonds. The molecular formula is C5H12N2O2. The molecule has 4 nitrogen and oxygen atoms in total. The van der Waals surface area contributed by atoms with E-state index in [1.165, 1.54) is 0 Å². The fourth-order valence-electron chi connectivity index (χ4n) is 0.295. The van der Waals surface area contributed by atoms with E-state index in [0.29, 0.717) is 0 Å². The van der Waals surface area contributed by atoms with Gasteiger partial charge in [0.25, 0.3) is 0 Å². The van der Waals surface area contributed by atoms with Crippen LogP contribution in [-0.4, -0.2) is 30.0 Å². The Bertz CT molecular complexity index is 67.4. The lowest BCUT2D eigenvalue weighted by Crippen LogP contribution is -2.19. The summed E-state index contributed by atoms with van der Waals surface area (Å²) in [5, 5.41) is 15.2. The van der Waals surface area contributed by atoms with Crippen molar-refractivity contribution in [2.24, 2.45) is 0 Å². The predicted octanol–water partition coefficient (Wildman–Crippen LogP) is -1.42. The van der Waals surface area contributed by atoms with Gasteiger partial charge in [-0.3, -0.25) is 0 Å². The molecule has 0 aromatic rings. The Morgan fingerprint density at radius 3 is 2.11 bits per heavy atom. The number of hydrazine groups is 1. The van der Waals surface area contributed by atoms with Crippen LogP contribution in [0.1, 0.15) is 0 Å². The molecule has 1 aliphatic heterocycles. The van der Waals surface area contributed by atoms with Crippen molar-refractivity contribution >= 4 is 0 Å². The zero-order valence-corrected chi connectivity index (χ0v) is 5.17. The standard InChI is InChI=1S/C3H6N2.C2H6O2/c1-2-4-5-3-1;3-1-2-4/h1-2,4-5H,3H2;3-4H,1-2H2. The van der Waals surface area contributed by atoms with Crippen molar-refractivity contribution in [2.45, 2.75) is 0 Å². The van der Waals surface area contributed by atoms with Gasteiger partial charge in [0.2, 0.25) is 0 Å². The van der Waals surface area contributed by atoms with Gasteiger partial charge in [-0.15, -0.1) is 0 Å².